The number of carbonyl (C=O) groups is 3. The maximum Gasteiger partial charge on any atom is 0.234 e. The third kappa shape index (κ3) is 1.43. The average Bonchev–Trinajstić information content (AvgIpc) is 2.96. The van der Waals surface area contributed by atoms with Gasteiger partial charge in [0.25, 0.3) is 0 Å². The van der Waals surface area contributed by atoms with Gasteiger partial charge in [0.2, 0.25) is 17.5 Å². The smallest absolute Gasteiger partial charge is 0.234 e. The van der Waals surface area contributed by atoms with Crippen molar-refractivity contribution >= 4 is 17.5 Å². The Morgan fingerprint density at radius 2 is 1.79 bits per heavy atom. The van der Waals surface area contributed by atoms with E-state index in [1.165, 1.54) is 0 Å². The fourth-order valence-corrected chi connectivity index (χ4v) is 4.46. The van der Waals surface area contributed by atoms with E-state index in [1.807, 2.05) is 13.8 Å². The summed E-state index contributed by atoms with van der Waals surface area (Å²) in [6, 6.07) is 0.195. The van der Waals surface area contributed by atoms with Gasteiger partial charge in [-0.1, -0.05) is 26.7 Å². The van der Waals surface area contributed by atoms with E-state index in [-0.39, 0.29) is 23.7 Å². The molecule has 4 nitrogen and oxygen atoms in total. The van der Waals surface area contributed by atoms with Crippen LogP contribution in [-0.4, -0.2) is 23.5 Å². The predicted molar refractivity (Wildman–Crippen MR) is 69.4 cm³/mol. The molecule has 0 aromatic rings. The zero-order chi connectivity index (χ0) is 13.8. The van der Waals surface area contributed by atoms with Crippen LogP contribution in [0.5, 0.6) is 0 Å². The first-order valence-corrected chi connectivity index (χ1v) is 7.31. The molecule has 0 saturated heterocycles. The van der Waals surface area contributed by atoms with Gasteiger partial charge in [-0.15, -0.1) is 0 Å². The molecule has 0 aliphatic heterocycles. The molecule has 19 heavy (non-hydrogen) atoms. The second kappa shape index (κ2) is 3.90. The van der Waals surface area contributed by atoms with Gasteiger partial charge in [-0.05, 0) is 31.1 Å². The molecule has 0 heterocycles. The Labute approximate surface area is 113 Å². The summed E-state index contributed by atoms with van der Waals surface area (Å²) >= 11 is 0. The summed E-state index contributed by atoms with van der Waals surface area (Å²) in [6.45, 7) is 3.81. The Balaban J connectivity index is 1.90. The minimum atomic E-state index is -1.09. The monoisotopic (exact) mass is 263 g/mol. The van der Waals surface area contributed by atoms with E-state index in [1.54, 1.807) is 0 Å². The van der Waals surface area contributed by atoms with Crippen molar-refractivity contribution in [1.29, 1.82) is 0 Å². The molecule has 104 valence electrons. The van der Waals surface area contributed by atoms with Crippen molar-refractivity contribution in [2.45, 2.75) is 58.4 Å². The zero-order valence-corrected chi connectivity index (χ0v) is 11.6. The largest absolute Gasteiger partial charge is 0.352 e. The number of rotatable bonds is 2. The highest BCUT2D eigenvalue weighted by molar-refractivity contribution is 6.47. The van der Waals surface area contributed by atoms with E-state index in [0.29, 0.717) is 12.8 Å². The Morgan fingerprint density at radius 3 is 2.32 bits per heavy atom. The van der Waals surface area contributed by atoms with Crippen molar-refractivity contribution < 1.29 is 14.4 Å². The van der Waals surface area contributed by atoms with Crippen LogP contribution in [0, 0.1) is 16.7 Å². The molecule has 0 aromatic heterocycles. The van der Waals surface area contributed by atoms with Crippen LogP contribution in [0.25, 0.3) is 0 Å². The van der Waals surface area contributed by atoms with Crippen molar-refractivity contribution in [3.63, 3.8) is 0 Å². The van der Waals surface area contributed by atoms with E-state index < -0.39 is 16.6 Å². The summed E-state index contributed by atoms with van der Waals surface area (Å²) in [6.07, 6.45) is 5.47. The minimum Gasteiger partial charge on any atom is -0.352 e. The molecule has 3 rings (SSSR count). The Kier molecular flexibility index (Phi) is 2.63. The molecule has 1 amide bonds. The molecule has 0 aromatic carbocycles. The molecule has 2 atom stereocenters. The fraction of sp³-hybridized carbons (Fsp3) is 0.800. The first kappa shape index (κ1) is 12.8. The van der Waals surface area contributed by atoms with Gasteiger partial charge >= 0.3 is 0 Å². The molecular formula is C15H21NO3. The summed E-state index contributed by atoms with van der Waals surface area (Å²) in [7, 11) is 0. The van der Waals surface area contributed by atoms with Crippen LogP contribution in [-0.2, 0) is 14.4 Å². The van der Waals surface area contributed by atoms with E-state index in [0.717, 1.165) is 25.7 Å². The Morgan fingerprint density at radius 1 is 1.16 bits per heavy atom. The summed E-state index contributed by atoms with van der Waals surface area (Å²) in [5.41, 5.74) is -1.61. The van der Waals surface area contributed by atoms with Crippen LogP contribution in [0.2, 0.25) is 0 Å². The number of fused-ring (bicyclic) bond motifs is 2. The number of nitrogens with one attached hydrogen (secondary N) is 1. The standard InChI is InChI=1S/C15H21NO3/c1-14(2)10-7-8-15(14,12(18)11(10)17)13(19)16-9-5-3-4-6-9/h9-10H,3-8H2,1-2H3,(H,16,19). The molecule has 2 bridgehead atoms. The SMILES string of the molecule is CC1(C)C2CCC1(C(=O)NC1CCCC1)C(=O)C2=O. The van der Waals surface area contributed by atoms with Crippen LogP contribution in [0.4, 0.5) is 0 Å². The second-order valence-corrected chi connectivity index (χ2v) is 6.87. The van der Waals surface area contributed by atoms with Gasteiger partial charge in [0.05, 0.1) is 0 Å². The first-order chi connectivity index (χ1) is 8.91. The van der Waals surface area contributed by atoms with Crippen LogP contribution >= 0.6 is 0 Å². The quantitative estimate of drug-likeness (QED) is 0.608. The van der Waals surface area contributed by atoms with E-state index in [4.69, 9.17) is 0 Å². The second-order valence-electron chi connectivity index (χ2n) is 6.87. The maximum atomic E-state index is 12.7. The molecular weight excluding hydrogens is 242 g/mol. The molecule has 3 saturated carbocycles. The molecule has 2 unspecified atom stereocenters. The third-order valence-electron chi connectivity index (χ3n) is 5.79. The lowest BCUT2D eigenvalue weighted by atomic mass is 9.68. The molecule has 3 fully saturated rings. The lowest BCUT2D eigenvalue weighted by molar-refractivity contribution is -0.149. The summed E-state index contributed by atoms with van der Waals surface area (Å²) in [5.74, 6) is -1.21. The number of amides is 1. The average molecular weight is 263 g/mol. The molecule has 1 N–H and O–H groups in total. The molecule has 4 heteroatoms. The van der Waals surface area contributed by atoms with Gasteiger partial charge in [-0.2, -0.15) is 0 Å². The van der Waals surface area contributed by atoms with Gasteiger partial charge in [0.15, 0.2) is 0 Å². The van der Waals surface area contributed by atoms with Crippen molar-refractivity contribution in [1.82, 2.24) is 5.32 Å². The summed E-state index contributed by atoms with van der Waals surface area (Å²) in [5, 5.41) is 3.03. The van der Waals surface area contributed by atoms with Crippen molar-refractivity contribution in [3.8, 4) is 0 Å². The van der Waals surface area contributed by atoms with E-state index >= 15 is 0 Å². The number of Topliss-reactive ketones (excluding diaryl/α,β-unsaturated/α-hetero) is 2. The highest BCUT2D eigenvalue weighted by atomic mass is 16.2. The van der Waals surface area contributed by atoms with E-state index in [2.05, 4.69) is 5.32 Å². The van der Waals surface area contributed by atoms with Gasteiger partial charge in [-0.25, -0.2) is 0 Å². The van der Waals surface area contributed by atoms with Crippen molar-refractivity contribution in [2.75, 3.05) is 0 Å². The summed E-state index contributed by atoms with van der Waals surface area (Å²) in [4.78, 5) is 37.0. The third-order valence-corrected chi connectivity index (χ3v) is 5.79. The Bertz CT molecular complexity index is 462. The zero-order valence-electron chi connectivity index (χ0n) is 11.6. The molecule has 3 aliphatic rings. The molecule has 0 spiro atoms. The van der Waals surface area contributed by atoms with Crippen LogP contribution < -0.4 is 5.32 Å². The number of hydrogen-bond acceptors (Lipinski definition) is 3. The Hall–Kier alpha value is -1.19. The van der Waals surface area contributed by atoms with Gasteiger partial charge < -0.3 is 5.32 Å². The fourth-order valence-electron chi connectivity index (χ4n) is 4.46. The van der Waals surface area contributed by atoms with Crippen LogP contribution in [0.15, 0.2) is 0 Å². The highest BCUT2D eigenvalue weighted by Crippen LogP contribution is 2.62. The number of ketones is 2. The minimum absolute atomic E-state index is 0.192. The first-order valence-electron chi connectivity index (χ1n) is 7.31. The van der Waals surface area contributed by atoms with Gasteiger partial charge in [0.1, 0.15) is 5.41 Å². The molecule has 3 aliphatic carbocycles. The van der Waals surface area contributed by atoms with E-state index in [9.17, 15) is 14.4 Å². The predicted octanol–water partition coefficient (Wildman–Crippen LogP) is 1.62. The highest BCUT2D eigenvalue weighted by Gasteiger charge is 2.72. The van der Waals surface area contributed by atoms with Crippen molar-refractivity contribution in [3.05, 3.63) is 0 Å². The number of hydrogen-bond donors (Lipinski definition) is 1. The lowest BCUT2D eigenvalue weighted by Gasteiger charge is -2.34. The van der Waals surface area contributed by atoms with Crippen LogP contribution in [0.1, 0.15) is 52.4 Å². The topological polar surface area (TPSA) is 63.2 Å². The lowest BCUT2D eigenvalue weighted by Crippen LogP contribution is -2.52. The van der Waals surface area contributed by atoms with Crippen molar-refractivity contribution in [2.24, 2.45) is 16.7 Å². The van der Waals surface area contributed by atoms with Crippen LogP contribution in [0.3, 0.4) is 0 Å². The molecule has 0 radical (unpaired) electrons. The van der Waals surface area contributed by atoms with Gasteiger partial charge in [0, 0.05) is 12.0 Å². The summed E-state index contributed by atoms with van der Waals surface area (Å²) < 4.78 is 0. The maximum absolute atomic E-state index is 12.7. The van der Waals surface area contributed by atoms with Gasteiger partial charge in [-0.3, -0.25) is 14.4 Å². The normalized spacial score (nSPS) is 37.1. The number of carbonyl (C=O) groups excluding carboxylic acids is 3.